The number of rotatable bonds is 12. The van der Waals surface area contributed by atoms with Gasteiger partial charge in [0.25, 0.3) is 0 Å². The van der Waals surface area contributed by atoms with Gasteiger partial charge >= 0.3 is 0 Å². The fourth-order valence-electron chi connectivity index (χ4n) is 4.13. The van der Waals surface area contributed by atoms with E-state index in [-0.39, 0.29) is 5.92 Å². The van der Waals surface area contributed by atoms with E-state index in [0.29, 0.717) is 0 Å². The minimum atomic E-state index is 0.187. The fourth-order valence-corrected chi connectivity index (χ4v) is 4.13. The summed E-state index contributed by atoms with van der Waals surface area (Å²) in [6.45, 7) is 5.07. The second-order valence-electron chi connectivity index (χ2n) is 7.95. The van der Waals surface area contributed by atoms with Crippen LogP contribution in [0.2, 0.25) is 0 Å². The Hall–Kier alpha value is -2.22. The van der Waals surface area contributed by atoms with Crippen LogP contribution in [0.4, 0.5) is 0 Å². The number of hydrogen-bond acceptors (Lipinski definition) is 2. The molecule has 2 aromatic carbocycles. The van der Waals surface area contributed by atoms with E-state index in [1.165, 1.54) is 62.5 Å². The molecular weight excluding hydrogens is 356 g/mol. The zero-order valence-corrected chi connectivity index (χ0v) is 18.2. The van der Waals surface area contributed by atoms with Crippen LogP contribution in [0.5, 0.6) is 11.5 Å². The summed E-state index contributed by atoms with van der Waals surface area (Å²) in [7, 11) is 0. The third-order valence-corrected chi connectivity index (χ3v) is 5.69. The maximum atomic E-state index is 6.13. The molecular formula is C27H36O2. The number of para-hydroxylation sites is 2. The Bertz CT molecular complexity index is 732. The molecule has 0 unspecified atom stereocenters. The highest BCUT2D eigenvalue weighted by Crippen LogP contribution is 2.45. The Morgan fingerprint density at radius 1 is 0.793 bits per heavy atom. The Kier molecular flexibility index (Phi) is 8.67. The fraction of sp³-hybridized carbons (Fsp3) is 0.481. The van der Waals surface area contributed by atoms with E-state index in [4.69, 9.17) is 9.47 Å². The highest BCUT2D eigenvalue weighted by Gasteiger charge is 2.25. The summed E-state index contributed by atoms with van der Waals surface area (Å²) in [5.74, 6) is 3.22. The number of hydrogen-bond donors (Lipinski definition) is 0. The van der Waals surface area contributed by atoms with Crippen molar-refractivity contribution >= 4 is 0 Å². The van der Waals surface area contributed by atoms with Crippen molar-refractivity contribution in [3.05, 3.63) is 71.5 Å². The summed E-state index contributed by atoms with van der Waals surface area (Å²) in [6.07, 6.45) is 14.0. The van der Waals surface area contributed by atoms with Crippen molar-refractivity contribution in [2.45, 2.75) is 77.6 Å². The highest BCUT2D eigenvalue weighted by atomic mass is 16.5. The Morgan fingerprint density at radius 2 is 1.34 bits per heavy atom. The molecule has 1 heterocycles. The SMILES string of the molecule is CCCCCCCCCCC(=CC1c2ccccc2Oc2ccccc21)OCC. The van der Waals surface area contributed by atoms with Crippen LogP contribution in [0.25, 0.3) is 0 Å². The van der Waals surface area contributed by atoms with Crippen molar-refractivity contribution in [1.82, 2.24) is 0 Å². The molecule has 0 atom stereocenters. The lowest BCUT2D eigenvalue weighted by Crippen LogP contribution is -2.09. The van der Waals surface area contributed by atoms with E-state index in [0.717, 1.165) is 30.3 Å². The molecule has 0 amide bonds. The van der Waals surface area contributed by atoms with Gasteiger partial charge in [0.2, 0.25) is 0 Å². The third-order valence-electron chi connectivity index (χ3n) is 5.69. The molecule has 29 heavy (non-hydrogen) atoms. The van der Waals surface area contributed by atoms with Crippen LogP contribution in [-0.2, 0) is 4.74 Å². The second-order valence-corrected chi connectivity index (χ2v) is 7.95. The highest BCUT2D eigenvalue weighted by molar-refractivity contribution is 5.55. The van der Waals surface area contributed by atoms with Crippen molar-refractivity contribution in [3.8, 4) is 11.5 Å². The maximum Gasteiger partial charge on any atom is 0.131 e. The summed E-state index contributed by atoms with van der Waals surface area (Å²) in [5, 5.41) is 0. The van der Waals surface area contributed by atoms with Crippen molar-refractivity contribution in [2.24, 2.45) is 0 Å². The van der Waals surface area contributed by atoms with Gasteiger partial charge < -0.3 is 9.47 Å². The largest absolute Gasteiger partial charge is 0.499 e. The Balaban J connectivity index is 1.65. The molecule has 0 fully saturated rings. The van der Waals surface area contributed by atoms with E-state index < -0.39 is 0 Å². The average Bonchev–Trinajstić information content (AvgIpc) is 2.75. The summed E-state index contributed by atoms with van der Waals surface area (Å²) in [5.41, 5.74) is 2.44. The molecule has 3 rings (SSSR count). The van der Waals surface area contributed by atoms with Crippen LogP contribution < -0.4 is 4.74 Å². The zero-order chi connectivity index (χ0) is 20.3. The molecule has 0 saturated heterocycles. The first kappa shape index (κ1) is 21.5. The topological polar surface area (TPSA) is 18.5 Å². The van der Waals surface area contributed by atoms with Crippen LogP contribution in [0.3, 0.4) is 0 Å². The number of ether oxygens (including phenoxy) is 2. The minimum Gasteiger partial charge on any atom is -0.499 e. The molecule has 0 spiro atoms. The van der Waals surface area contributed by atoms with Gasteiger partial charge in [-0.2, -0.15) is 0 Å². The monoisotopic (exact) mass is 392 g/mol. The predicted octanol–water partition coefficient (Wildman–Crippen LogP) is 8.38. The smallest absolute Gasteiger partial charge is 0.131 e. The summed E-state index contributed by atoms with van der Waals surface area (Å²) in [6, 6.07) is 16.7. The molecule has 0 saturated carbocycles. The molecule has 0 aliphatic carbocycles. The van der Waals surface area contributed by atoms with Gasteiger partial charge in [-0.05, 0) is 31.6 Å². The second kappa shape index (κ2) is 11.7. The molecule has 0 bridgehead atoms. The number of fused-ring (bicyclic) bond motifs is 2. The number of unbranched alkanes of at least 4 members (excludes halogenated alkanes) is 7. The van der Waals surface area contributed by atoms with Crippen molar-refractivity contribution < 1.29 is 9.47 Å². The quantitative estimate of drug-likeness (QED) is 0.267. The van der Waals surface area contributed by atoms with Gasteiger partial charge in [0.15, 0.2) is 0 Å². The Morgan fingerprint density at radius 3 is 1.93 bits per heavy atom. The maximum absolute atomic E-state index is 6.13. The van der Waals surface area contributed by atoms with Crippen molar-refractivity contribution in [2.75, 3.05) is 6.61 Å². The Labute approximate surface area is 176 Å². The van der Waals surface area contributed by atoms with Gasteiger partial charge in [-0.1, -0.05) is 88.3 Å². The first-order chi connectivity index (χ1) is 14.3. The standard InChI is InChI=1S/C27H36O2/c1-3-5-6-7-8-9-10-11-16-22(28-4-2)21-25-23-17-12-14-19-26(23)29-27-20-15-13-18-24(25)27/h12-15,17-21,25H,3-11,16H2,1-2H3. The molecule has 0 N–H and O–H groups in total. The van der Waals surface area contributed by atoms with Gasteiger partial charge in [-0.15, -0.1) is 0 Å². The van der Waals surface area contributed by atoms with Crippen LogP contribution in [0.15, 0.2) is 60.4 Å². The molecule has 2 heteroatoms. The molecule has 2 nitrogen and oxygen atoms in total. The minimum absolute atomic E-state index is 0.187. The van der Waals surface area contributed by atoms with Gasteiger partial charge in [0, 0.05) is 23.5 Å². The average molecular weight is 393 g/mol. The van der Waals surface area contributed by atoms with Gasteiger partial charge in [-0.25, -0.2) is 0 Å². The lowest BCUT2D eigenvalue weighted by atomic mass is 9.87. The first-order valence-electron chi connectivity index (χ1n) is 11.5. The van der Waals surface area contributed by atoms with Gasteiger partial charge in [0.1, 0.15) is 11.5 Å². The van der Waals surface area contributed by atoms with Crippen LogP contribution in [-0.4, -0.2) is 6.61 Å². The molecule has 2 aromatic rings. The van der Waals surface area contributed by atoms with Crippen LogP contribution in [0.1, 0.15) is 88.7 Å². The van der Waals surface area contributed by atoms with E-state index in [9.17, 15) is 0 Å². The lowest BCUT2D eigenvalue weighted by molar-refractivity contribution is 0.214. The van der Waals surface area contributed by atoms with Crippen LogP contribution in [0, 0.1) is 0 Å². The van der Waals surface area contributed by atoms with Crippen molar-refractivity contribution in [1.29, 1.82) is 0 Å². The molecule has 0 radical (unpaired) electrons. The summed E-state index contributed by atoms with van der Waals surface area (Å²) in [4.78, 5) is 0. The van der Waals surface area contributed by atoms with Crippen molar-refractivity contribution in [3.63, 3.8) is 0 Å². The lowest BCUT2D eigenvalue weighted by Gasteiger charge is -2.27. The zero-order valence-electron chi connectivity index (χ0n) is 18.2. The molecule has 1 aliphatic heterocycles. The van der Waals surface area contributed by atoms with E-state index in [1.54, 1.807) is 0 Å². The van der Waals surface area contributed by atoms with E-state index >= 15 is 0 Å². The number of benzene rings is 2. The number of allylic oxidation sites excluding steroid dienone is 2. The normalized spacial score (nSPS) is 13.5. The predicted molar refractivity (Wildman–Crippen MR) is 122 cm³/mol. The summed E-state index contributed by atoms with van der Waals surface area (Å²) >= 11 is 0. The summed E-state index contributed by atoms with van der Waals surface area (Å²) < 4.78 is 12.2. The third kappa shape index (κ3) is 6.13. The van der Waals surface area contributed by atoms with E-state index in [1.807, 2.05) is 12.1 Å². The molecule has 156 valence electrons. The first-order valence-corrected chi connectivity index (χ1v) is 11.5. The van der Waals surface area contributed by atoms with Gasteiger partial charge in [-0.3, -0.25) is 0 Å². The van der Waals surface area contributed by atoms with Gasteiger partial charge in [0.05, 0.1) is 12.4 Å². The van der Waals surface area contributed by atoms with E-state index in [2.05, 4.69) is 56.3 Å². The molecule has 1 aliphatic rings. The van der Waals surface area contributed by atoms with Crippen LogP contribution >= 0.6 is 0 Å². The molecule has 0 aromatic heterocycles.